The molecule has 0 aliphatic heterocycles. The molecule has 0 heterocycles. The summed E-state index contributed by atoms with van der Waals surface area (Å²) < 4.78 is 0. The molecule has 0 radical (unpaired) electrons. The molecule has 118 valence electrons. The third kappa shape index (κ3) is 2.30. The van der Waals surface area contributed by atoms with Crippen molar-refractivity contribution in [1.29, 1.82) is 0 Å². The lowest BCUT2D eigenvalue weighted by molar-refractivity contribution is 1.22. The van der Waals surface area contributed by atoms with Crippen molar-refractivity contribution in [1.82, 2.24) is 0 Å². The molecule has 0 saturated heterocycles. The van der Waals surface area contributed by atoms with Crippen LogP contribution >= 0.6 is 0 Å². The number of hydrogen-bond acceptors (Lipinski definition) is 0. The van der Waals surface area contributed by atoms with Crippen molar-refractivity contribution >= 4 is 32.3 Å². The third-order valence-corrected chi connectivity index (χ3v) is 5.09. The molecule has 0 N–H and O–H groups in total. The average molecular weight is 318 g/mol. The highest BCUT2D eigenvalue weighted by Gasteiger charge is 2.11. The highest BCUT2D eigenvalue weighted by Crippen LogP contribution is 2.37. The van der Waals surface area contributed by atoms with Crippen molar-refractivity contribution in [2.75, 3.05) is 0 Å². The van der Waals surface area contributed by atoms with Gasteiger partial charge in [-0.05, 0) is 49.9 Å². The third-order valence-electron chi connectivity index (χ3n) is 5.09. The summed E-state index contributed by atoms with van der Waals surface area (Å²) in [6.45, 7) is 0. The van der Waals surface area contributed by atoms with E-state index in [0.717, 1.165) is 6.42 Å². The number of benzene rings is 5. The van der Waals surface area contributed by atoms with E-state index in [4.69, 9.17) is 0 Å². The van der Waals surface area contributed by atoms with Crippen molar-refractivity contribution in [3.8, 4) is 0 Å². The first-order valence-electron chi connectivity index (χ1n) is 8.77. The van der Waals surface area contributed by atoms with E-state index in [-0.39, 0.29) is 0 Å². The average Bonchev–Trinajstić information content (AvgIpc) is 2.69. The molecule has 0 spiro atoms. The predicted octanol–water partition coefficient (Wildman–Crippen LogP) is 6.74. The number of fused-ring (bicyclic) bond motifs is 6. The summed E-state index contributed by atoms with van der Waals surface area (Å²) in [4.78, 5) is 0. The predicted molar refractivity (Wildman–Crippen MR) is 108 cm³/mol. The molecule has 5 aromatic rings. The van der Waals surface area contributed by atoms with Gasteiger partial charge in [-0.25, -0.2) is 0 Å². The Morgan fingerprint density at radius 3 is 1.52 bits per heavy atom. The standard InChI is InChI=1S/C25H18/c1-2-9-18(10-3-1)17-19-11-8-16-24-22-13-5-4-12-20(22)21-14-6-7-15-23(21)25(19)24/h1-16H,17H2. The Bertz CT molecular complexity index is 1160. The maximum atomic E-state index is 2.27. The second-order valence-electron chi connectivity index (χ2n) is 6.59. The first-order valence-corrected chi connectivity index (χ1v) is 8.77. The van der Waals surface area contributed by atoms with Crippen molar-refractivity contribution in [3.05, 3.63) is 108 Å². The molecule has 0 saturated carbocycles. The van der Waals surface area contributed by atoms with Gasteiger partial charge < -0.3 is 0 Å². The summed E-state index contributed by atoms with van der Waals surface area (Å²) in [5.74, 6) is 0. The van der Waals surface area contributed by atoms with Gasteiger partial charge >= 0.3 is 0 Å². The second kappa shape index (κ2) is 5.75. The lowest BCUT2D eigenvalue weighted by atomic mass is 9.90. The van der Waals surface area contributed by atoms with Crippen LogP contribution in [0.2, 0.25) is 0 Å². The van der Waals surface area contributed by atoms with E-state index in [0.29, 0.717) is 0 Å². The minimum atomic E-state index is 0.959. The lowest BCUT2D eigenvalue weighted by Crippen LogP contribution is -1.92. The summed E-state index contributed by atoms with van der Waals surface area (Å²) in [6, 6.07) is 35.0. The van der Waals surface area contributed by atoms with Gasteiger partial charge in [0.1, 0.15) is 0 Å². The van der Waals surface area contributed by atoms with E-state index in [1.807, 2.05) is 0 Å². The van der Waals surface area contributed by atoms with E-state index < -0.39 is 0 Å². The molecule has 0 amide bonds. The Kier molecular flexibility index (Phi) is 3.28. The zero-order chi connectivity index (χ0) is 16.6. The second-order valence-corrected chi connectivity index (χ2v) is 6.59. The fraction of sp³-hybridized carbons (Fsp3) is 0.0400. The molecule has 0 heteroatoms. The van der Waals surface area contributed by atoms with Gasteiger partial charge in [0, 0.05) is 0 Å². The van der Waals surface area contributed by atoms with Gasteiger partial charge in [0.15, 0.2) is 0 Å². The fourth-order valence-electron chi connectivity index (χ4n) is 3.99. The van der Waals surface area contributed by atoms with E-state index in [1.54, 1.807) is 0 Å². The first kappa shape index (κ1) is 14.2. The fourth-order valence-corrected chi connectivity index (χ4v) is 3.99. The minimum Gasteiger partial charge on any atom is -0.0622 e. The molecule has 0 nitrogen and oxygen atoms in total. The minimum absolute atomic E-state index is 0.959. The van der Waals surface area contributed by atoms with Crippen molar-refractivity contribution in [2.24, 2.45) is 0 Å². The van der Waals surface area contributed by atoms with Crippen molar-refractivity contribution < 1.29 is 0 Å². The number of hydrogen-bond donors (Lipinski definition) is 0. The smallest absolute Gasteiger partial charge is 0.00194 e. The van der Waals surface area contributed by atoms with Crippen LogP contribution in [0, 0.1) is 0 Å². The summed E-state index contributed by atoms with van der Waals surface area (Å²) in [7, 11) is 0. The molecule has 25 heavy (non-hydrogen) atoms. The Hall–Kier alpha value is -3.12. The summed E-state index contributed by atoms with van der Waals surface area (Å²) in [5, 5.41) is 8.10. The van der Waals surface area contributed by atoms with Gasteiger partial charge in [-0.3, -0.25) is 0 Å². The largest absolute Gasteiger partial charge is 0.0622 e. The molecular weight excluding hydrogens is 300 g/mol. The van der Waals surface area contributed by atoms with Gasteiger partial charge in [-0.15, -0.1) is 0 Å². The molecule has 0 aliphatic rings. The maximum Gasteiger partial charge on any atom is -0.00194 e. The van der Waals surface area contributed by atoms with E-state index in [9.17, 15) is 0 Å². The lowest BCUT2D eigenvalue weighted by Gasteiger charge is -2.14. The van der Waals surface area contributed by atoms with Gasteiger partial charge in [0.25, 0.3) is 0 Å². The zero-order valence-electron chi connectivity index (χ0n) is 13.9. The Morgan fingerprint density at radius 1 is 0.400 bits per heavy atom. The van der Waals surface area contributed by atoms with Crippen LogP contribution < -0.4 is 0 Å². The highest BCUT2D eigenvalue weighted by atomic mass is 14.1. The van der Waals surface area contributed by atoms with Crippen molar-refractivity contribution in [3.63, 3.8) is 0 Å². The monoisotopic (exact) mass is 318 g/mol. The molecule has 0 atom stereocenters. The summed E-state index contributed by atoms with van der Waals surface area (Å²) >= 11 is 0. The first-order chi connectivity index (χ1) is 12.4. The molecule has 0 unspecified atom stereocenters. The van der Waals surface area contributed by atoms with Crippen LogP contribution in [0.4, 0.5) is 0 Å². The molecule has 5 rings (SSSR count). The Morgan fingerprint density at radius 2 is 0.880 bits per heavy atom. The van der Waals surface area contributed by atoms with Gasteiger partial charge in [-0.1, -0.05) is 97.1 Å². The molecular formula is C25H18. The van der Waals surface area contributed by atoms with E-state index >= 15 is 0 Å². The van der Waals surface area contributed by atoms with Crippen LogP contribution in [0.1, 0.15) is 11.1 Å². The molecule has 0 aromatic heterocycles. The summed E-state index contributed by atoms with van der Waals surface area (Å²) in [5.41, 5.74) is 2.75. The van der Waals surface area contributed by atoms with Gasteiger partial charge in [0.05, 0.1) is 0 Å². The van der Waals surface area contributed by atoms with Gasteiger partial charge in [-0.2, -0.15) is 0 Å². The molecule has 5 aromatic carbocycles. The Labute approximate surface area is 147 Å². The molecule has 0 bridgehead atoms. The van der Waals surface area contributed by atoms with Crippen LogP contribution in [0.5, 0.6) is 0 Å². The van der Waals surface area contributed by atoms with Crippen LogP contribution in [-0.2, 0) is 6.42 Å². The Balaban J connectivity index is 1.92. The van der Waals surface area contributed by atoms with E-state index in [1.165, 1.54) is 43.4 Å². The summed E-state index contributed by atoms with van der Waals surface area (Å²) in [6.07, 6.45) is 0.959. The quantitative estimate of drug-likeness (QED) is 0.316. The van der Waals surface area contributed by atoms with Crippen LogP contribution in [0.15, 0.2) is 97.1 Å². The topological polar surface area (TPSA) is 0 Å². The normalized spacial score (nSPS) is 11.4. The van der Waals surface area contributed by atoms with Crippen LogP contribution in [0.3, 0.4) is 0 Å². The maximum absolute atomic E-state index is 2.27. The van der Waals surface area contributed by atoms with Crippen LogP contribution in [-0.4, -0.2) is 0 Å². The van der Waals surface area contributed by atoms with Crippen molar-refractivity contribution in [2.45, 2.75) is 6.42 Å². The van der Waals surface area contributed by atoms with Crippen LogP contribution in [0.25, 0.3) is 32.3 Å². The molecule has 0 aliphatic carbocycles. The zero-order valence-corrected chi connectivity index (χ0v) is 13.9. The molecule has 0 fully saturated rings. The SMILES string of the molecule is c1ccc(Cc2cccc3c4ccccc4c4ccccc4c23)cc1. The number of rotatable bonds is 2. The highest BCUT2D eigenvalue weighted by molar-refractivity contribution is 6.26. The van der Waals surface area contributed by atoms with E-state index in [2.05, 4.69) is 97.1 Å². The van der Waals surface area contributed by atoms with Gasteiger partial charge in [0.2, 0.25) is 0 Å².